The van der Waals surface area contributed by atoms with Crippen LogP contribution in [-0.4, -0.2) is 21.5 Å². The molecule has 5 heteroatoms. The Balaban J connectivity index is 2.66. The summed E-state index contributed by atoms with van der Waals surface area (Å²) in [5.41, 5.74) is 0.988. The highest BCUT2D eigenvalue weighted by atomic mass is 16.6. The topological polar surface area (TPSA) is 56.2 Å². The second-order valence-corrected chi connectivity index (χ2v) is 4.61. The number of aryl methyl sites for hydroxylation is 2. The predicted molar refractivity (Wildman–Crippen MR) is 62.5 cm³/mol. The Morgan fingerprint density at radius 1 is 1.56 bits per heavy atom. The molecule has 0 aliphatic carbocycles. The fourth-order valence-corrected chi connectivity index (χ4v) is 1.22. The molecule has 1 rings (SSSR count). The summed E-state index contributed by atoms with van der Waals surface area (Å²) in [5, 5.41) is 6.90. The minimum atomic E-state index is -0.487. The van der Waals surface area contributed by atoms with Gasteiger partial charge in [-0.15, -0.1) is 0 Å². The van der Waals surface area contributed by atoms with Crippen molar-refractivity contribution in [1.82, 2.24) is 9.78 Å². The number of amides is 1. The van der Waals surface area contributed by atoms with Crippen molar-refractivity contribution in [2.45, 2.75) is 46.8 Å². The van der Waals surface area contributed by atoms with E-state index in [0.717, 1.165) is 12.2 Å². The number of carbonyl (C=O) groups excluding carboxylic acids is 1. The van der Waals surface area contributed by atoms with Gasteiger partial charge in [0.25, 0.3) is 0 Å². The van der Waals surface area contributed by atoms with Gasteiger partial charge in [0, 0.05) is 12.7 Å². The van der Waals surface area contributed by atoms with Gasteiger partial charge in [0.2, 0.25) is 0 Å². The fourth-order valence-electron chi connectivity index (χ4n) is 1.22. The average molecular weight is 225 g/mol. The molecule has 16 heavy (non-hydrogen) atoms. The first-order valence-corrected chi connectivity index (χ1v) is 5.36. The van der Waals surface area contributed by atoms with E-state index in [-0.39, 0.29) is 0 Å². The molecular formula is C11H19N3O2. The number of nitrogens with one attached hydrogen (secondary N) is 1. The molecule has 0 saturated carbocycles. The zero-order chi connectivity index (χ0) is 12.3. The van der Waals surface area contributed by atoms with E-state index in [9.17, 15) is 4.79 Å². The van der Waals surface area contributed by atoms with E-state index in [0.29, 0.717) is 5.69 Å². The molecular weight excluding hydrogens is 206 g/mol. The summed E-state index contributed by atoms with van der Waals surface area (Å²) in [6.45, 7) is 10.1. The number of hydrogen-bond acceptors (Lipinski definition) is 3. The molecule has 0 aliphatic rings. The second kappa shape index (κ2) is 4.55. The summed E-state index contributed by atoms with van der Waals surface area (Å²) in [5.74, 6) is 0. The lowest BCUT2D eigenvalue weighted by molar-refractivity contribution is 0.0636. The number of hydrogen-bond donors (Lipinski definition) is 1. The van der Waals surface area contributed by atoms with Gasteiger partial charge in [-0.1, -0.05) is 0 Å². The van der Waals surface area contributed by atoms with Crippen molar-refractivity contribution in [1.29, 1.82) is 0 Å². The molecule has 0 atom stereocenters. The normalized spacial score (nSPS) is 11.3. The van der Waals surface area contributed by atoms with E-state index in [4.69, 9.17) is 4.74 Å². The smallest absolute Gasteiger partial charge is 0.412 e. The van der Waals surface area contributed by atoms with Crippen molar-refractivity contribution in [3.8, 4) is 0 Å². The number of anilines is 1. The van der Waals surface area contributed by atoms with E-state index in [1.165, 1.54) is 0 Å². The number of aromatic nitrogens is 2. The van der Waals surface area contributed by atoms with Crippen molar-refractivity contribution in [2.75, 3.05) is 5.32 Å². The van der Waals surface area contributed by atoms with Gasteiger partial charge in [-0.05, 0) is 34.6 Å². The van der Waals surface area contributed by atoms with Crippen LogP contribution in [0.15, 0.2) is 6.20 Å². The molecule has 0 radical (unpaired) electrons. The average Bonchev–Trinajstić information content (AvgIpc) is 2.44. The Bertz CT molecular complexity index is 377. The van der Waals surface area contributed by atoms with Crippen molar-refractivity contribution in [2.24, 2.45) is 0 Å². The summed E-state index contributed by atoms with van der Waals surface area (Å²) in [4.78, 5) is 11.5. The van der Waals surface area contributed by atoms with Crippen molar-refractivity contribution < 1.29 is 9.53 Å². The van der Waals surface area contributed by atoms with E-state index in [1.54, 1.807) is 10.9 Å². The third-order valence-electron chi connectivity index (χ3n) is 1.91. The molecule has 0 aliphatic heterocycles. The molecule has 5 nitrogen and oxygen atoms in total. The highest BCUT2D eigenvalue weighted by Gasteiger charge is 2.17. The third kappa shape index (κ3) is 3.56. The summed E-state index contributed by atoms with van der Waals surface area (Å²) >= 11 is 0. The standard InChI is InChI=1S/C11H19N3O2/c1-6-14-7-9(8(2)13-14)12-10(15)16-11(3,4)5/h7H,6H2,1-5H3,(H,12,15). The third-order valence-corrected chi connectivity index (χ3v) is 1.91. The first-order valence-electron chi connectivity index (χ1n) is 5.36. The summed E-state index contributed by atoms with van der Waals surface area (Å²) in [6.07, 6.45) is 1.34. The zero-order valence-corrected chi connectivity index (χ0v) is 10.5. The fraction of sp³-hybridized carbons (Fsp3) is 0.636. The van der Waals surface area contributed by atoms with Crippen LogP contribution < -0.4 is 5.32 Å². The Labute approximate surface area is 95.8 Å². The minimum Gasteiger partial charge on any atom is -0.444 e. The molecule has 0 aromatic carbocycles. The van der Waals surface area contributed by atoms with Crippen molar-refractivity contribution in [3.05, 3.63) is 11.9 Å². The molecule has 0 saturated heterocycles. The molecule has 0 unspecified atom stereocenters. The quantitative estimate of drug-likeness (QED) is 0.841. The van der Waals surface area contributed by atoms with Crippen LogP contribution in [0, 0.1) is 6.92 Å². The predicted octanol–water partition coefficient (Wildman–Crippen LogP) is 2.56. The molecule has 1 aromatic rings. The summed E-state index contributed by atoms with van der Waals surface area (Å²) in [7, 11) is 0. The minimum absolute atomic E-state index is 0.453. The van der Waals surface area contributed by atoms with E-state index < -0.39 is 11.7 Å². The second-order valence-electron chi connectivity index (χ2n) is 4.61. The Morgan fingerprint density at radius 2 is 2.19 bits per heavy atom. The van der Waals surface area contributed by atoms with Crippen molar-refractivity contribution >= 4 is 11.8 Å². The molecule has 0 spiro atoms. The Morgan fingerprint density at radius 3 is 2.62 bits per heavy atom. The van der Waals surface area contributed by atoms with Gasteiger partial charge in [0.1, 0.15) is 5.60 Å². The molecule has 1 aromatic heterocycles. The lowest BCUT2D eigenvalue weighted by Crippen LogP contribution is -2.27. The van der Waals surface area contributed by atoms with Crippen LogP contribution in [-0.2, 0) is 11.3 Å². The van der Waals surface area contributed by atoms with Gasteiger partial charge in [-0.3, -0.25) is 10.00 Å². The first-order chi connectivity index (χ1) is 7.31. The SMILES string of the molecule is CCn1cc(NC(=O)OC(C)(C)C)c(C)n1. The first kappa shape index (κ1) is 12.5. The van der Waals surface area contributed by atoms with Crippen LogP contribution >= 0.6 is 0 Å². The van der Waals surface area contributed by atoms with E-state index in [2.05, 4.69) is 10.4 Å². The van der Waals surface area contributed by atoms with Gasteiger partial charge in [-0.2, -0.15) is 5.10 Å². The number of carbonyl (C=O) groups is 1. The van der Waals surface area contributed by atoms with Crippen molar-refractivity contribution in [3.63, 3.8) is 0 Å². The summed E-state index contributed by atoms with van der Waals surface area (Å²) in [6, 6.07) is 0. The zero-order valence-electron chi connectivity index (χ0n) is 10.5. The van der Waals surface area contributed by atoms with Crippen LogP contribution in [0.3, 0.4) is 0 Å². The van der Waals surface area contributed by atoms with Crippen LogP contribution in [0.4, 0.5) is 10.5 Å². The number of nitrogens with zero attached hydrogens (tertiary/aromatic N) is 2. The largest absolute Gasteiger partial charge is 0.444 e. The Kier molecular flexibility index (Phi) is 3.57. The number of rotatable bonds is 2. The molecule has 0 bridgehead atoms. The van der Waals surface area contributed by atoms with Gasteiger partial charge >= 0.3 is 6.09 Å². The molecule has 1 amide bonds. The van der Waals surface area contributed by atoms with Gasteiger partial charge < -0.3 is 4.74 Å². The maximum absolute atomic E-state index is 11.5. The lowest BCUT2D eigenvalue weighted by Gasteiger charge is -2.19. The van der Waals surface area contributed by atoms with Crippen LogP contribution in [0.5, 0.6) is 0 Å². The van der Waals surface area contributed by atoms with E-state index >= 15 is 0 Å². The highest BCUT2D eigenvalue weighted by molar-refractivity contribution is 5.85. The highest BCUT2D eigenvalue weighted by Crippen LogP contribution is 2.14. The molecule has 1 N–H and O–H groups in total. The molecule has 1 heterocycles. The van der Waals surface area contributed by atoms with Crippen LogP contribution in [0.25, 0.3) is 0 Å². The molecule has 90 valence electrons. The Hall–Kier alpha value is -1.52. The summed E-state index contributed by atoms with van der Waals surface area (Å²) < 4.78 is 6.92. The van der Waals surface area contributed by atoms with Crippen LogP contribution in [0.2, 0.25) is 0 Å². The maximum Gasteiger partial charge on any atom is 0.412 e. The van der Waals surface area contributed by atoms with E-state index in [1.807, 2.05) is 34.6 Å². The number of ether oxygens (including phenoxy) is 1. The molecule has 0 fully saturated rings. The monoisotopic (exact) mass is 225 g/mol. The van der Waals surface area contributed by atoms with Crippen LogP contribution in [0.1, 0.15) is 33.4 Å². The van der Waals surface area contributed by atoms with Gasteiger partial charge in [0.05, 0.1) is 11.4 Å². The van der Waals surface area contributed by atoms with Gasteiger partial charge in [0.15, 0.2) is 0 Å². The maximum atomic E-state index is 11.5. The lowest BCUT2D eigenvalue weighted by atomic mass is 10.2. The van der Waals surface area contributed by atoms with Gasteiger partial charge in [-0.25, -0.2) is 4.79 Å².